The van der Waals surface area contributed by atoms with Crippen LogP contribution in [-0.4, -0.2) is 17.6 Å². The molecule has 1 rings (SSSR count). The molecule has 0 saturated heterocycles. The van der Waals surface area contributed by atoms with Crippen LogP contribution in [0.25, 0.3) is 0 Å². The molecule has 0 bridgehead atoms. The average Bonchev–Trinajstić information content (AvgIpc) is 2.27. The molecule has 0 aromatic carbocycles. The molecule has 0 aliphatic carbocycles. The SMILES string of the molecule is C=CCCc1ncccc1C(=O)OCC. The summed E-state index contributed by atoms with van der Waals surface area (Å²) >= 11 is 0. The summed E-state index contributed by atoms with van der Waals surface area (Å²) in [7, 11) is 0. The highest BCUT2D eigenvalue weighted by molar-refractivity contribution is 5.90. The molecule has 0 unspecified atom stereocenters. The van der Waals surface area contributed by atoms with Crippen molar-refractivity contribution in [1.29, 1.82) is 0 Å². The number of rotatable bonds is 5. The van der Waals surface area contributed by atoms with E-state index >= 15 is 0 Å². The minimum atomic E-state index is -0.301. The zero-order valence-electron chi connectivity index (χ0n) is 8.90. The smallest absolute Gasteiger partial charge is 0.339 e. The van der Waals surface area contributed by atoms with E-state index in [1.165, 1.54) is 0 Å². The van der Waals surface area contributed by atoms with E-state index in [-0.39, 0.29) is 5.97 Å². The first-order valence-electron chi connectivity index (χ1n) is 5.01. The molecule has 0 spiro atoms. The summed E-state index contributed by atoms with van der Waals surface area (Å²) in [6.45, 7) is 5.82. The molecule has 3 nitrogen and oxygen atoms in total. The Morgan fingerprint density at radius 3 is 3.13 bits per heavy atom. The van der Waals surface area contributed by atoms with Gasteiger partial charge in [0.15, 0.2) is 0 Å². The van der Waals surface area contributed by atoms with Gasteiger partial charge < -0.3 is 4.74 Å². The van der Waals surface area contributed by atoms with Crippen molar-refractivity contribution in [3.8, 4) is 0 Å². The van der Waals surface area contributed by atoms with Gasteiger partial charge in [0.2, 0.25) is 0 Å². The van der Waals surface area contributed by atoms with Crippen LogP contribution in [0.4, 0.5) is 0 Å². The number of hydrogen-bond donors (Lipinski definition) is 0. The van der Waals surface area contributed by atoms with E-state index in [9.17, 15) is 4.79 Å². The van der Waals surface area contributed by atoms with E-state index in [1.807, 2.05) is 6.08 Å². The van der Waals surface area contributed by atoms with Crippen molar-refractivity contribution in [3.05, 3.63) is 42.2 Å². The monoisotopic (exact) mass is 205 g/mol. The van der Waals surface area contributed by atoms with Crippen molar-refractivity contribution >= 4 is 5.97 Å². The minimum Gasteiger partial charge on any atom is -0.462 e. The van der Waals surface area contributed by atoms with Crippen LogP contribution in [0.3, 0.4) is 0 Å². The molecule has 1 aromatic heterocycles. The second-order valence-electron chi connectivity index (χ2n) is 3.05. The second-order valence-corrected chi connectivity index (χ2v) is 3.05. The summed E-state index contributed by atoms with van der Waals surface area (Å²) in [4.78, 5) is 15.7. The third-order valence-electron chi connectivity index (χ3n) is 1.97. The van der Waals surface area contributed by atoms with Gasteiger partial charge in [0.05, 0.1) is 17.9 Å². The molecule has 0 aliphatic heterocycles. The Balaban J connectivity index is 2.85. The molecule has 0 amide bonds. The zero-order valence-corrected chi connectivity index (χ0v) is 8.90. The van der Waals surface area contributed by atoms with E-state index in [0.29, 0.717) is 12.2 Å². The first-order valence-corrected chi connectivity index (χ1v) is 5.01. The molecule has 0 radical (unpaired) electrons. The zero-order chi connectivity index (χ0) is 11.1. The molecule has 1 aromatic rings. The van der Waals surface area contributed by atoms with Gasteiger partial charge in [-0.2, -0.15) is 0 Å². The van der Waals surface area contributed by atoms with Gasteiger partial charge in [-0.05, 0) is 31.9 Å². The highest BCUT2D eigenvalue weighted by atomic mass is 16.5. The van der Waals surface area contributed by atoms with Gasteiger partial charge in [-0.15, -0.1) is 6.58 Å². The number of ether oxygens (including phenoxy) is 1. The number of carbonyl (C=O) groups is 1. The predicted molar refractivity (Wildman–Crippen MR) is 58.7 cm³/mol. The third kappa shape index (κ3) is 3.20. The van der Waals surface area contributed by atoms with Gasteiger partial charge in [0.1, 0.15) is 0 Å². The molecule has 3 heteroatoms. The lowest BCUT2D eigenvalue weighted by atomic mass is 10.1. The molecular formula is C12H15NO2. The number of esters is 1. The van der Waals surface area contributed by atoms with Crippen molar-refractivity contribution in [2.75, 3.05) is 6.61 Å². The number of nitrogens with zero attached hydrogens (tertiary/aromatic N) is 1. The molecule has 80 valence electrons. The Bertz CT molecular complexity index is 347. The lowest BCUT2D eigenvalue weighted by Crippen LogP contribution is -2.09. The van der Waals surface area contributed by atoms with Crippen molar-refractivity contribution < 1.29 is 9.53 Å². The first-order chi connectivity index (χ1) is 7.29. The van der Waals surface area contributed by atoms with Gasteiger partial charge in [0.25, 0.3) is 0 Å². The highest BCUT2D eigenvalue weighted by Crippen LogP contribution is 2.09. The van der Waals surface area contributed by atoms with Crippen LogP contribution in [0.1, 0.15) is 29.4 Å². The van der Waals surface area contributed by atoms with Crippen LogP contribution in [0.5, 0.6) is 0 Å². The maximum atomic E-state index is 11.5. The number of allylic oxidation sites excluding steroid dienone is 1. The lowest BCUT2D eigenvalue weighted by Gasteiger charge is -2.06. The molecule has 15 heavy (non-hydrogen) atoms. The quantitative estimate of drug-likeness (QED) is 0.547. The van der Waals surface area contributed by atoms with E-state index in [0.717, 1.165) is 18.5 Å². The Kier molecular flexibility index (Phi) is 4.54. The lowest BCUT2D eigenvalue weighted by molar-refractivity contribution is 0.0524. The fraction of sp³-hybridized carbons (Fsp3) is 0.333. The molecule has 0 aliphatic rings. The summed E-state index contributed by atoms with van der Waals surface area (Å²) < 4.78 is 4.94. The van der Waals surface area contributed by atoms with Crippen molar-refractivity contribution in [2.24, 2.45) is 0 Å². The number of carbonyl (C=O) groups excluding carboxylic acids is 1. The van der Waals surface area contributed by atoms with E-state index in [2.05, 4.69) is 11.6 Å². The Hall–Kier alpha value is -1.64. The van der Waals surface area contributed by atoms with Crippen LogP contribution in [0.2, 0.25) is 0 Å². The summed E-state index contributed by atoms with van der Waals surface area (Å²) in [5.41, 5.74) is 1.33. The number of hydrogen-bond acceptors (Lipinski definition) is 3. The fourth-order valence-electron chi connectivity index (χ4n) is 1.27. The molecular weight excluding hydrogens is 190 g/mol. The van der Waals surface area contributed by atoms with Gasteiger partial charge in [-0.1, -0.05) is 6.08 Å². The maximum absolute atomic E-state index is 11.5. The van der Waals surface area contributed by atoms with E-state index < -0.39 is 0 Å². The van der Waals surface area contributed by atoms with Crippen LogP contribution in [-0.2, 0) is 11.2 Å². The molecule has 0 N–H and O–H groups in total. The topological polar surface area (TPSA) is 39.2 Å². The van der Waals surface area contributed by atoms with Crippen molar-refractivity contribution in [2.45, 2.75) is 19.8 Å². The van der Waals surface area contributed by atoms with Gasteiger partial charge >= 0.3 is 5.97 Å². The Labute approximate surface area is 89.8 Å². The van der Waals surface area contributed by atoms with Crippen molar-refractivity contribution in [3.63, 3.8) is 0 Å². The summed E-state index contributed by atoms with van der Waals surface area (Å²) in [5.74, 6) is -0.301. The highest BCUT2D eigenvalue weighted by Gasteiger charge is 2.11. The fourth-order valence-corrected chi connectivity index (χ4v) is 1.27. The van der Waals surface area contributed by atoms with Crippen LogP contribution in [0, 0.1) is 0 Å². The number of pyridine rings is 1. The summed E-state index contributed by atoms with van der Waals surface area (Å²) in [6, 6.07) is 3.48. The normalized spacial score (nSPS) is 9.67. The van der Waals surface area contributed by atoms with Crippen LogP contribution in [0.15, 0.2) is 31.0 Å². The van der Waals surface area contributed by atoms with Crippen molar-refractivity contribution in [1.82, 2.24) is 4.98 Å². The Morgan fingerprint density at radius 1 is 1.67 bits per heavy atom. The summed E-state index contributed by atoms with van der Waals surface area (Å²) in [6.07, 6.45) is 5.02. The summed E-state index contributed by atoms with van der Waals surface area (Å²) in [5, 5.41) is 0. The van der Waals surface area contributed by atoms with Gasteiger partial charge in [-0.25, -0.2) is 4.79 Å². The molecule has 1 heterocycles. The first kappa shape index (κ1) is 11.4. The van der Waals surface area contributed by atoms with E-state index in [1.54, 1.807) is 25.3 Å². The molecule has 0 saturated carbocycles. The Morgan fingerprint density at radius 2 is 2.47 bits per heavy atom. The standard InChI is InChI=1S/C12H15NO2/c1-3-5-8-11-10(7-6-9-13-11)12(14)15-4-2/h3,6-7,9H,1,4-5,8H2,2H3. The van der Waals surface area contributed by atoms with Crippen LogP contribution >= 0.6 is 0 Å². The largest absolute Gasteiger partial charge is 0.462 e. The average molecular weight is 205 g/mol. The third-order valence-corrected chi connectivity index (χ3v) is 1.97. The second kappa shape index (κ2) is 5.96. The maximum Gasteiger partial charge on any atom is 0.339 e. The van der Waals surface area contributed by atoms with Gasteiger partial charge in [-0.3, -0.25) is 4.98 Å². The number of aromatic nitrogens is 1. The predicted octanol–water partition coefficient (Wildman–Crippen LogP) is 2.38. The molecule has 0 atom stereocenters. The number of aryl methyl sites for hydroxylation is 1. The van der Waals surface area contributed by atoms with Crippen LogP contribution < -0.4 is 0 Å². The van der Waals surface area contributed by atoms with E-state index in [4.69, 9.17) is 4.74 Å². The van der Waals surface area contributed by atoms with Gasteiger partial charge in [0, 0.05) is 6.20 Å². The molecule has 0 fully saturated rings. The minimum absolute atomic E-state index is 0.301.